The van der Waals surface area contributed by atoms with Crippen molar-refractivity contribution in [1.29, 1.82) is 0 Å². The molecule has 0 spiro atoms. The van der Waals surface area contributed by atoms with Gasteiger partial charge in [-0.2, -0.15) is 0 Å². The summed E-state index contributed by atoms with van der Waals surface area (Å²) in [7, 11) is 2.13. The Morgan fingerprint density at radius 3 is 2.50 bits per heavy atom. The molecule has 1 aliphatic carbocycles. The van der Waals surface area contributed by atoms with Crippen LogP contribution < -0.4 is 11.1 Å². The number of amides is 1. The van der Waals surface area contributed by atoms with E-state index in [1.807, 2.05) is 20.8 Å². The summed E-state index contributed by atoms with van der Waals surface area (Å²) in [5.74, 6) is 1.47. The Morgan fingerprint density at radius 1 is 1.56 bits per heavy atom. The lowest BCUT2D eigenvalue weighted by Crippen LogP contribution is -2.56. The number of carbonyl (C=O) groups excluding carboxylic acids is 1. The zero-order valence-corrected chi connectivity index (χ0v) is 12.5. The fourth-order valence-electron chi connectivity index (χ4n) is 2.46. The average molecular weight is 255 g/mol. The lowest BCUT2D eigenvalue weighted by Gasteiger charge is -2.31. The second-order valence-electron chi connectivity index (χ2n) is 6.48. The molecular weight excluding hydrogens is 226 g/mol. The van der Waals surface area contributed by atoms with E-state index < -0.39 is 5.54 Å². The third-order valence-corrected chi connectivity index (χ3v) is 3.97. The Bertz CT molecular complexity index is 293. The zero-order chi connectivity index (χ0) is 13.9. The number of nitrogens with one attached hydrogen (secondary N) is 1. The number of nitrogens with zero attached hydrogens (tertiary/aromatic N) is 1. The minimum atomic E-state index is -0.600. The van der Waals surface area contributed by atoms with Crippen LogP contribution in [0.25, 0.3) is 0 Å². The minimum Gasteiger partial charge on any atom is -0.368 e. The molecule has 0 aliphatic heterocycles. The molecule has 18 heavy (non-hydrogen) atoms. The van der Waals surface area contributed by atoms with Crippen LogP contribution in [0, 0.1) is 11.8 Å². The lowest BCUT2D eigenvalue weighted by atomic mass is 9.95. The molecule has 1 rings (SSSR count). The summed E-state index contributed by atoms with van der Waals surface area (Å²) in [5, 5.41) is 3.29. The van der Waals surface area contributed by atoms with Gasteiger partial charge >= 0.3 is 0 Å². The van der Waals surface area contributed by atoms with Gasteiger partial charge in [0, 0.05) is 19.1 Å². The van der Waals surface area contributed by atoms with E-state index in [0.29, 0.717) is 0 Å². The first-order chi connectivity index (χ1) is 8.24. The maximum Gasteiger partial charge on any atom is 0.237 e. The van der Waals surface area contributed by atoms with Gasteiger partial charge in [-0.3, -0.25) is 4.79 Å². The van der Waals surface area contributed by atoms with E-state index in [1.165, 1.54) is 6.42 Å². The first-order valence-electron chi connectivity index (χ1n) is 7.00. The zero-order valence-electron chi connectivity index (χ0n) is 12.5. The molecular formula is C14H29N3O. The molecule has 0 aromatic carbocycles. The van der Waals surface area contributed by atoms with Crippen molar-refractivity contribution in [2.24, 2.45) is 17.6 Å². The first kappa shape index (κ1) is 15.4. The van der Waals surface area contributed by atoms with Crippen LogP contribution >= 0.6 is 0 Å². The molecule has 0 aromatic heterocycles. The molecule has 0 saturated heterocycles. The van der Waals surface area contributed by atoms with E-state index >= 15 is 0 Å². The van der Waals surface area contributed by atoms with Gasteiger partial charge < -0.3 is 16.0 Å². The van der Waals surface area contributed by atoms with Gasteiger partial charge in [0.25, 0.3) is 0 Å². The Morgan fingerprint density at radius 2 is 2.11 bits per heavy atom. The van der Waals surface area contributed by atoms with Gasteiger partial charge in [-0.05, 0) is 52.5 Å². The van der Waals surface area contributed by atoms with Gasteiger partial charge in [-0.1, -0.05) is 6.92 Å². The Balaban J connectivity index is 2.38. The van der Waals surface area contributed by atoms with Crippen molar-refractivity contribution in [1.82, 2.24) is 10.2 Å². The Hall–Kier alpha value is -0.610. The number of hydrogen-bond acceptors (Lipinski definition) is 3. The summed E-state index contributed by atoms with van der Waals surface area (Å²) in [6.07, 6.45) is 2.11. The monoisotopic (exact) mass is 255 g/mol. The second kappa shape index (κ2) is 6.02. The van der Waals surface area contributed by atoms with E-state index in [1.54, 1.807) is 0 Å². The molecule has 3 unspecified atom stereocenters. The highest BCUT2D eigenvalue weighted by Gasteiger charge is 2.35. The maximum atomic E-state index is 11.6. The predicted octanol–water partition coefficient (Wildman–Crippen LogP) is 1.21. The van der Waals surface area contributed by atoms with E-state index in [-0.39, 0.29) is 11.9 Å². The van der Waals surface area contributed by atoms with Crippen LogP contribution in [0.1, 0.15) is 40.5 Å². The van der Waals surface area contributed by atoms with Gasteiger partial charge in [-0.25, -0.2) is 0 Å². The van der Waals surface area contributed by atoms with Crippen molar-refractivity contribution in [3.8, 4) is 0 Å². The highest BCUT2D eigenvalue weighted by molar-refractivity contribution is 5.84. The summed E-state index contributed by atoms with van der Waals surface area (Å²) in [6, 6.07) is 0.260. The minimum absolute atomic E-state index is 0.260. The van der Waals surface area contributed by atoms with Crippen molar-refractivity contribution in [3.05, 3.63) is 0 Å². The summed E-state index contributed by atoms with van der Waals surface area (Å²) < 4.78 is 0. The highest BCUT2D eigenvalue weighted by Crippen LogP contribution is 2.37. The van der Waals surface area contributed by atoms with Gasteiger partial charge in [0.1, 0.15) is 0 Å². The van der Waals surface area contributed by atoms with Crippen LogP contribution in [0.5, 0.6) is 0 Å². The van der Waals surface area contributed by atoms with E-state index in [9.17, 15) is 4.79 Å². The number of carbonyl (C=O) groups is 1. The molecule has 106 valence electrons. The molecule has 0 heterocycles. The van der Waals surface area contributed by atoms with E-state index in [4.69, 9.17) is 5.73 Å². The molecule has 3 atom stereocenters. The van der Waals surface area contributed by atoms with Crippen molar-refractivity contribution in [3.63, 3.8) is 0 Å². The van der Waals surface area contributed by atoms with E-state index in [2.05, 4.69) is 24.2 Å². The smallest absolute Gasteiger partial charge is 0.237 e. The molecule has 4 nitrogen and oxygen atoms in total. The van der Waals surface area contributed by atoms with Crippen LogP contribution in [0.4, 0.5) is 0 Å². The SMILES string of the molecule is CC(C)NC(C)(CCN(C)CC1CC1C)C(N)=O. The maximum absolute atomic E-state index is 11.6. The third-order valence-electron chi connectivity index (χ3n) is 3.97. The van der Waals surface area contributed by atoms with Crippen LogP contribution in [0.2, 0.25) is 0 Å². The van der Waals surface area contributed by atoms with Gasteiger partial charge in [0.05, 0.1) is 5.54 Å². The quantitative estimate of drug-likeness (QED) is 0.685. The number of primary amides is 1. The first-order valence-corrected chi connectivity index (χ1v) is 7.00. The Labute approximate surface area is 111 Å². The lowest BCUT2D eigenvalue weighted by molar-refractivity contribution is -0.124. The van der Waals surface area contributed by atoms with Crippen molar-refractivity contribution < 1.29 is 4.79 Å². The summed E-state index contributed by atoms with van der Waals surface area (Å²) in [5.41, 5.74) is 4.92. The van der Waals surface area contributed by atoms with Crippen molar-refractivity contribution in [2.45, 2.75) is 52.1 Å². The Kier molecular flexibility index (Phi) is 5.17. The van der Waals surface area contributed by atoms with Crippen LogP contribution in [-0.2, 0) is 4.79 Å². The molecule has 1 saturated carbocycles. The van der Waals surface area contributed by atoms with Gasteiger partial charge in [0.15, 0.2) is 0 Å². The fraction of sp³-hybridized carbons (Fsp3) is 0.929. The molecule has 1 fully saturated rings. The van der Waals surface area contributed by atoms with Crippen LogP contribution in [0.3, 0.4) is 0 Å². The standard InChI is InChI=1S/C14H29N3O/c1-10(2)16-14(4,13(15)18)6-7-17(5)9-12-8-11(12)3/h10-12,16H,6-9H2,1-5H3,(H2,15,18). The summed E-state index contributed by atoms with van der Waals surface area (Å²) >= 11 is 0. The molecule has 4 heteroatoms. The summed E-state index contributed by atoms with van der Waals surface area (Å²) in [4.78, 5) is 13.9. The van der Waals surface area contributed by atoms with Crippen LogP contribution in [0.15, 0.2) is 0 Å². The molecule has 1 aliphatic rings. The van der Waals surface area contributed by atoms with Crippen molar-refractivity contribution in [2.75, 3.05) is 20.1 Å². The topological polar surface area (TPSA) is 58.4 Å². The number of nitrogens with two attached hydrogens (primary N) is 1. The van der Waals surface area contributed by atoms with Crippen molar-refractivity contribution >= 4 is 5.91 Å². The number of hydrogen-bond donors (Lipinski definition) is 2. The largest absolute Gasteiger partial charge is 0.368 e. The molecule has 3 N–H and O–H groups in total. The van der Waals surface area contributed by atoms with Gasteiger partial charge in [0.2, 0.25) is 5.91 Å². The molecule has 0 radical (unpaired) electrons. The van der Waals surface area contributed by atoms with Crippen LogP contribution in [-0.4, -0.2) is 42.5 Å². The summed E-state index contributed by atoms with van der Waals surface area (Å²) in [6.45, 7) is 10.3. The molecule has 0 bridgehead atoms. The normalized spacial score (nSPS) is 26.4. The van der Waals surface area contributed by atoms with Gasteiger partial charge in [-0.15, -0.1) is 0 Å². The fourth-order valence-corrected chi connectivity index (χ4v) is 2.46. The molecule has 0 aromatic rings. The third kappa shape index (κ3) is 4.58. The average Bonchev–Trinajstić information content (AvgIpc) is 2.90. The predicted molar refractivity (Wildman–Crippen MR) is 75.3 cm³/mol. The van der Waals surface area contributed by atoms with E-state index in [0.717, 1.165) is 31.3 Å². The highest BCUT2D eigenvalue weighted by atomic mass is 16.1. The number of rotatable bonds is 8. The second-order valence-corrected chi connectivity index (χ2v) is 6.48. The molecule has 1 amide bonds.